The SMILES string of the molecule is O=C(Cl)c1ccc(Cl)c([N+](=O)[O-])c1I. The molecular formula is C7H2Cl2INO3. The quantitative estimate of drug-likeness (QED) is 0.358. The van der Waals surface area contributed by atoms with Crippen LogP contribution in [0.3, 0.4) is 0 Å². The van der Waals surface area contributed by atoms with Gasteiger partial charge in [0.2, 0.25) is 0 Å². The minimum absolute atomic E-state index is 0.0129. The monoisotopic (exact) mass is 345 g/mol. The van der Waals surface area contributed by atoms with Crippen LogP contribution in [0.25, 0.3) is 0 Å². The Kier molecular flexibility index (Phi) is 3.68. The first-order valence-corrected chi connectivity index (χ1v) is 5.11. The predicted molar refractivity (Wildman–Crippen MR) is 61.0 cm³/mol. The molecular weight excluding hydrogens is 344 g/mol. The molecule has 4 nitrogen and oxygen atoms in total. The highest BCUT2D eigenvalue weighted by Crippen LogP contribution is 2.32. The summed E-state index contributed by atoms with van der Waals surface area (Å²) in [6.45, 7) is 0. The van der Waals surface area contributed by atoms with Crippen LogP contribution in [-0.2, 0) is 0 Å². The Morgan fingerprint density at radius 1 is 1.50 bits per heavy atom. The van der Waals surface area contributed by atoms with E-state index in [0.717, 1.165) is 0 Å². The molecule has 0 radical (unpaired) electrons. The van der Waals surface area contributed by atoms with Crippen LogP contribution in [0.1, 0.15) is 10.4 Å². The lowest BCUT2D eigenvalue weighted by Crippen LogP contribution is -1.99. The predicted octanol–water partition coefficient (Wildman–Crippen LogP) is 3.23. The van der Waals surface area contributed by atoms with Gasteiger partial charge in [0.05, 0.1) is 10.5 Å². The highest BCUT2D eigenvalue weighted by Gasteiger charge is 2.22. The van der Waals surface area contributed by atoms with Crippen LogP contribution in [-0.4, -0.2) is 10.2 Å². The number of nitrogens with zero attached hydrogens (tertiary/aromatic N) is 1. The van der Waals surface area contributed by atoms with Gasteiger partial charge < -0.3 is 0 Å². The van der Waals surface area contributed by atoms with Gasteiger partial charge in [-0.3, -0.25) is 14.9 Å². The van der Waals surface area contributed by atoms with Gasteiger partial charge in [-0.25, -0.2) is 0 Å². The normalized spacial score (nSPS) is 9.93. The van der Waals surface area contributed by atoms with Crippen molar-refractivity contribution >= 4 is 56.7 Å². The van der Waals surface area contributed by atoms with Crippen LogP contribution >= 0.6 is 45.8 Å². The van der Waals surface area contributed by atoms with Crippen molar-refractivity contribution in [3.63, 3.8) is 0 Å². The molecule has 0 atom stereocenters. The molecule has 0 amide bonds. The number of carbonyl (C=O) groups is 1. The number of hydrogen-bond donors (Lipinski definition) is 0. The Balaban J connectivity index is 3.49. The van der Waals surface area contributed by atoms with Crippen molar-refractivity contribution < 1.29 is 9.72 Å². The lowest BCUT2D eigenvalue weighted by atomic mass is 10.2. The van der Waals surface area contributed by atoms with Gasteiger partial charge in [-0.05, 0) is 46.3 Å². The maximum Gasteiger partial charge on any atom is 0.301 e. The maximum absolute atomic E-state index is 10.8. The molecule has 0 aromatic heterocycles. The zero-order valence-electron chi connectivity index (χ0n) is 6.46. The molecule has 1 aromatic rings. The van der Waals surface area contributed by atoms with E-state index in [1.807, 2.05) is 0 Å². The second kappa shape index (κ2) is 4.41. The summed E-state index contributed by atoms with van der Waals surface area (Å²) in [7, 11) is 0. The Bertz CT molecular complexity index is 422. The smallest absolute Gasteiger partial charge is 0.276 e. The fraction of sp³-hybridized carbons (Fsp3) is 0. The van der Waals surface area contributed by atoms with Gasteiger partial charge in [0.25, 0.3) is 5.24 Å². The van der Waals surface area contributed by atoms with Crippen molar-refractivity contribution in [1.82, 2.24) is 0 Å². The summed E-state index contributed by atoms with van der Waals surface area (Å²) in [5, 5.41) is 9.82. The maximum atomic E-state index is 10.8. The summed E-state index contributed by atoms with van der Waals surface area (Å²) in [6.07, 6.45) is 0. The minimum Gasteiger partial charge on any atom is -0.276 e. The molecule has 0 aliphatic heterocycles. The van der Waals surface area contributed by atoms with E-state index in [9.17, 15) is 14.9 Å². The lowest BCUT2D eigenvalue weighted by Gasteiger charge is -2.01. The van der Waals surface area contributed by atoms with Gasteiger partial charge in [-0.1, -0.05) is 11.6 Å². The van der Waals surface area contributed by atoms with Gasteiger partial charge in [0, 0.05) is 0 Å². The first-order valence-electron chi connectivity index (χ1n) is 3.27. The van der Waals surface area contributed by atoms with Crippen molar-refractivity contribution in [2.45, 2.75) is 0 Å². The fourth-order valence-electron chi connectivity index (χ4n) is 0.860. The first-order chi connectivity index (χ1) is 6.45. The van der Waals surface area contributed by atoms with Gasteiger partial charge in [0.1, 0.15) is 8.59 Å². The van der Waals surface area contributed by atoms with Gasteiger partial charge in [-0.2, -0.15) is 0 Å². The van der Waals surface area contributed by atoms with Crippen LogP contribution in [0.5, 0.6) is 0 Å². The number of nitro groups is 1. The molecule has 0 spiro atoms. The molecule has 0 aliphatic carbocycles. The van der Waals surface area contributed by atoms with E-state index in [2.05, 4.69) is 0 Å². The van der Waals surface area contributed by atoms with Crippen LogP contribution in [0, 0.1) is 13.7 Å². The average Bonchev–Trinajstić information content (AvgIpc) is 2.02. The van der Waals surface area contributed by atoms with E-state index >= 15 is 0 Å². The highest BCUT2D eigenvalue weighted by molar-refractivity contribution is 14.1. The summed E-state index contributed by atoms with van der Waals surface area (Å²) >= 11 is 12.5. The minimum atomic E-state index is -0.742. The number of rotatable bonds is 2. The van der Waals surface area contributed by atoms with Crippen molar-refractivity contribution in [3.05, 3.63) is 36.4 Å². The Morgan fingerprint density at radius 3 is 2.50 bits per heavy atom. The highest BCUT2D eigenvalue weighted by atomic mass is 127. The van der Waals surface area contributed by atoms with E-state index in [-0.39, 0.29) is 19.8 Å². The van der Waals surface area contributed by atoms with E-state index in [1.54, 1.807) is 22.6 Å². The van der Waals surface area contributed by atoms with Crippen molar-refractivity contribution in [2.75, 3.05) is 0 Å². The third-order valence-corrected chi connectivity index (χ3v) is 3.06. The molecule has 0 saturated heterocycles. The van der Waals surface area contributed by atoms with Gasteiger partial charge >= 0.3 is 5.69 Å². The van der Waals surface area contributed by atoms with Crippen LogP contribution < -0.4 is 0 Å². The summed E-state index contributed by atoms with van der Waals surface area (Å²) in [5.41, 5.74) is -0.206. The van der Waals surface area contributed by atoms with E-state index in [1.165, 1.54) is 12.1 Å². The van der Waals surface area contributed by atoms with E-state index in [0.29, 0.717) is 0 Å². The van der Waals surface area contributed by atoms with Crippen LogP contribution in [0.2, 0.25) is 5.02 Å². The molecule has 0 N–H and O–H groups in total. The Labute approximate surface area is 102 Å². The zero-order chi connectivity index (χ0) is 10.9. The first kappa shape index (κ1) is 11.7. The van der Waals surface area contributed by atoms with E-state index in [4.69, 9.17) is 23.2 Å². The summed E-state index contributed by atoms with van der Waals surface area (Å²) in [5.74, 6) is 0. The number of carbonyl (C=O) groups excluding carboxylic acids is 1. The lowest BCUT2D eigenvalue weighted by molar-refractivity contribution is -0.385. The molecule has 0 fully saturated rings. The molecule has 74 valence electrons. The molecule has 1 aromatic carbocycles. The van der Waals surface area contributed by atoms with Gasteiger partial charge in [-0.15, -0.1) is 0 Å². The summed E-state index contributed by atoms with van der Waals surface area (Å²) < 4.78 is 0.153. The topological polar surface area (TPSA) is 60.2 Å². The molecule has 0 unspecified atom stereocenters. The van der Waals surface area contributed by atoms with Crippen LogP contribution in [0.15, 0.2) is 12.1 Å². The van der Waals surface area contributed by atoms with Crippen molar-refractivity contribution in [1.29, 1.82) is 0 Å². The molecule has 7 heteroatoms. The van der Waals surface area contributed by atoms with Gasteiger partial charge in [0.15, 0.2) is 0 Å². The molecule has 0 heterocycles. The number of nitro benzene ring substituents is 1. The Morgan fingerprint density at radius 2 is 2.07 bits per heavy atom. The zero-order valence-corrected chi connectivity index (χ0v) is 10.1. The number of benzene rings is 1. The third kappa shape index (κ3) is 2.15. The van der Waals surface area contributed by atoms with Crippen molar-refractivity contribution in [3.8, 4) is 0 Å². The molecule has 14 heavy (non-hydrogen) atoms. The van der Waals surface area contributed by atoms with Crippen LogP contribution in [0.4, 0.5) is 5.69 Å². The Hall–Kier alpha value is -0.400. The van der Waals surface area contributed by atoms with E-state index < -0.39 is 10.2 Å². The van der Waals surface area contributed by atoms with Crippen molar-refractivity contribution in [2.24, 2.45) is 0 Å². The fourth-order valence-corrected chi connectivity index (χ4v) is 2.48. The molecule has 0 aliphatic rings. The largest absolute Gasteiger partial charge is 0.301 e. The third-order valence-electron chi connectivity index (χ3n) is 1.46. The standard InChI is InChI=1S/C7H2Cl2INO3/c8-4-2-1-3(7(9)12)5(10)6(4)11(13)14/h1-2H. The molecule has 1 rings (SSSR count). The second-order valence-electron chi connectivity index (χ2n) is 2.29. The molecule has 0 bridgehead atoms. The summed E-state index contributed by atoms with van der Waals surface area (Å²) in [6, 6.07) is 2.63. The number of halogens is 3. The summed E-state index contributed by atoms with van der Waals surface area (Å²) in [4.78, 5) is 20.8. The number of hydrogen-bond acceptors (Lipinski definition) is 3. The average molecular weight is 346 g/mol. The second-order valence-corrected chi connectivity index (χ2v) is 4.12. The molecule has 0 saturated carbocycles.